The number of carbonyl (C=O) groups is 2. The van der Waals surface area contributed by atoms with Gasteiger partial charge in [-0.2, -0.15) is 18.3 Å². The number of rotatable bonds is 3. The summed E-state index contributed by atoms with van der Waals surface area (Å²) in [5.41, 5.74) is 5.15. The number of carbonyl (C=O) groups excluding carboxylic acids is 2. The number of halogens is 3. The van der Waals surface area contributed by atoms with E-state index in [1.54, 1.807) is 17.0 Å². The Morgan fingerprint density at radius 1 is 1.08 bits per heavy atom. The van der Waals surface area contributed by atoms with Crippen molar-refractivity contribution in [2.24, 2.45) is 11.7 Å². The third kappa shape index (κ3) is 3.71. The predicted molar refractivity (Wildman–Crippen MR) is 86.4 cm³/mol. The summed E-state index contributed by atoms with van der Waals surface area (Å²) in [7, 11) is 0. The highest BCUT2D eigenvalue weighted by Crippen LogP contribution is 2.28. The summed E-state index contributed by atoms with van der Waals surface area (Å²) >= 11 is 0. The first-order chi connectivity index (χ1) is 12.3. The lowest BCUT2D eigenvalue weighted by atomic mass is 9.96. The third-order valence-electron chi connectivity index (χ3n) is 4.44. The number of primary amides is 1. The van der Waals surface area contributed by atoms with Crippen molar-refractivity contribution in [3.63, 3.8) is 0 Å². The maximum atomic E-state index is 12.6. The molecule has 0 atom stereocenters. The number of hydrogen-bond donors (Lipinski definition) is 1. The van der Waals surface area contributed by atoms with Crippen molar-refractivity contribution in [2.45, 2.75) is 19.0 Å². The predicted octanol–water partition coefficient (Wildman–Crippen LogP) is 2.23. The molecule has 1 fully saturated rings. The van der Waals surface area contributed by atoms with Gasteiger partial charge >= 0.3 is 6.18 Å². The number of nitrogens with zero attached hydrogens (tertiary/aromatic N) is 3. The highest BCUT2D eigenvalue weighted by atomic mass is 19.4. The minimum Gasteiger partial charge on any atom is -0.369 e. The molecule has 1 aromatic carbocycles. The van der Waals surface area contributed by atoms with Gasteiger partial charge in [0, 0.05) is 30.8 Å². The molecule has 6 nitrogen and oxygen atoms in total. The van der Waals surface area contributed by atoms with Crippen LogP contribution in [0.2, 0.25) is 0 Å². The zero-order chi connectivity index (χ0) is 18.9. The second-order valence-corrected chi connectivity index (χ2v) is 6.16. The molecule has 0 saturated carbocycles. The van der Waals surface area contributed by atoms with Gasteiger partial charge in [0.2, 0.25) is 5.91 Å². The lowest BCUT2D eigenvalue weighted by Crippen LogP contribution is -2.41. The third-order valence-corrected chi connectivity index (χ3v) is 4.44. The van der Waals surface area contributed by atoms with Crippen LogP contribution < -0.4 is 5.73 Å². The van der Waals surface area contributed by atoms with Gasteiger partial charge in [-0.05, 0) is 43.2 Å². The number of hydrogen-bond acceptors (Lipinski definition) is 3. The first kappa shape index (κ1) is 18.0. The number of amides is 2. The first-order valence-electron chi connectivity index (χ1n) is 8.07. The second kappa shape index (κ2) is 6.81. The fourth-order valence-corrected chi connectivity index (χ4v) is 2.93. The fourth-order valence-electron chi connectivity index (χ4n) is 2.93. The molecule has 9 heteroatoms. The standard InChI is InChI=1S/C17H17F3N4O2/c18-17(19,20)14-7-10-24(22-14)13-3-1-12(2-4-13)16(26)23-8-5-11(6-9-23)15(21)25/h1-4,7,10-11H,5-6,8-9H2,(H2,21,25). The van der Waals surface area contributed by atoms with Crippen LogP contribution in [0.5, 0.6) is 0 Å². The van der Waals surface area contributed by atoms with Gasteiger partial charge < -0.3 is 10.6 Å². The Labute approximate surface area is 147 Å². The molecule has 1 saturated heterocycles. The molecule has 0 aliphatic carbocycles. The Hall–Kier alpha value is -2.84. The molecule has 26 heavy (non-hydrogen) atoms. The lowest BCUT2D eigenvalue weighted by Gasteiger charge is -2.30. The van der Waals surface area contributed by atoms with Gasteiger partial charge in [0.25, 0.3) is 5.91 Å². The van der Waals surface area contributed by atoms with Crippen molar-refractivity contribution in [1.29, 1.82) is 0 Å². The van der Waals surface area contributed by atoms with E-state index in [1.165, 1.54) is 18.3 Å². The molecule has 138 valence electrons. The van der Waals surface area contributed by atoms with Crippen LogP contribution in [0, 0.1) is 5.92 Å². The summed E-state index contributed by atoms with van der Waals surface area (Å²) in [6, 6.07) is 7.06. The smallest absolute Gasteiger partial charge is 0.369 e. The van der Waals surface area contributed by atoms with E-state index in [0.717, 1.165) is 10.7 Å². The average Bonchev–Trinajstić information content (AvgIpc) is 3.12. The minimum atomic E-state index is -4.50. The summed E-state index contributed by atoms with van der Waals surface area (Å²) in [4.78, 5) is 25.3. The van der Waals surface area contributed by atoms with Crippen LogP contribution in [0.3, 0.4) is 0 Å². The van der Waals surface area contributed by atoms with Crippen LogP contribution in [0.25, 0.3) is 5.69 Å². The van der Waals surface area contributed by atoms with Crippen molar-refractivity contribution < 1.29 is 22.8 Å². The van der Waals surface area contributed by atoms with Gasteiger partial charge in [-0.15, -0.1) is 0 Å². The molecular formula is C17H17F3N4O2. The normalized spacial score (nSPS) is 15.9. The van der Waals surface area contributed by atoms with Crippen molar-refractivity contribution in [3.05, 3.63) is 47.8 Å². The molecule has 2 aromatic rings. The summed E-state index contributed by atoms with van der Waals surface area (Å²) < 4.78 is 39.0. The van der Waals surface area contributed by atoms with Gasteiger partial charge in [0.05, 0.1) is 5.69 Å². The van der Waals surface area contributed by atoms with Crippen LogP contribution in [0.4, 0.5) is 13.2 Å². The van der Waals surface area contributed by atoms with Gasteiger partial charge in [-0.3, -0.25) is 9.59 Å². The van der Waals surface area contributed by atoms with Gasteiger partial charge in [-0.25, -0.2) is 4.68 Å². The zero-order valence-electron chi connectivity index (χ0n) is 13.7. The number of piperidine rings is 1. The summed E-state index contributed by atoms with van der Waals surface area (Å²) in [6.45, 7) is 0.893. The van der Waals surface area contributed by atoms with Crippen LogP contribution in [0.1, 0.15) is 28.9 Å². The summed E-state index contributed by atoms with van der Waals surface area (Å²) in [5, 5.41) is 3.49. The Morgan fingerprint density at radius 3 is 2.19 bits per heavy atom. The van der Waals surface area contributed by atoms with E-state index >= 15 is 0 Å². The number of likely N-dealkylation sites (tertiary alicyclic amines) is 1. The minimum absolute atomic E-state index is 0.184. The topological polar surface area (TPSA) is 81.2 Å². The number of aromatic nitrogens is 2. The molecule has 1 aromatic heterocycles. The molecule has 1 aliphatic rings. The van der Waals surface area contributed by atoms with E-state index < -0.39 is 11.9 Å². The lowest BCUT2D eigenvalue weighted by molar-refractivity contribution is -0.141. The number of alkyl halides is 3. The second-order valence-electron chi connectivity index (χ2n) is 6.16. The van der Waals surface area contributed by atoms with Crippen molar-refractivity contribution in [1.82, 2.24) is 14.7 Å². The molecule has 2 N–H and O–H groups in total. The molecule has 0 spiro atoms. The van der Waals surface area contributed by atoms with E-state index in [-0.39, 0.29) is 17.7 Å². The quantitative estimate of drug-likeness (QED) is 0.904. The van der Waals surface area contributed by atoms with Crippen LogP contribution >= 0.6 is 0 Å². The Morgan fingerprint density at radius 2 is 1.69 bits per heavy atom. The highest BCUT2D eigenvalue weighted by Gasteiger charge is 2.33. The van der Waals surface area contributed by atoms with Crippen LogP contribution in [-0.4, -0.2) is 39.6 Å². The van der Waals surface area contributed by atoms with Crippen molar-refractivity contribution >= 4 is 11.8 Å². The monoisotopic (exact) mass is 366 g/mol. The van der Waals surface area contributed by atoms with Crippen molar-refractivity contribution in [2.75, 3.05) is 13.1 Å². The Kier molecular flexibility index (Phi) is 4.71. The molecule has 3 rings (SSSR count). The Bertz CT molecular complexity index is 806. The largest absolute Gasteiger partial charge is 0.435 e. The van der Waals surface area contributed by atoms with E-state index in [1.807, 2.05) is 0 Å². The summed E-state index contributed by atoms with van der Waals surface area (Å²) in [5.74, 6) is -0.737. The van der Waals surface area contributed by atoms with Crippen molar-refractivity contribution in [3.8, 4) is 5.69 Å². The van der Waals surface area contributed by atoms with E-state index in [9.17, 15) is 22.8 Å². The fraction of sp³-hybridized carbons (Fsp3) is 0.353. The van der Waals surface area contributed by atoms with E-state index in [0.29, 0.717) is 37.2 Å². The molecule has 1 aliphatic heterocycles. The first-order valence-corrected chi connectivity index (χ1v) is 8.07. The SMILES string of the molecule is NC(=O)C1CCN(C(=O)c2ccc(-n3ccc(C(F)(F)F)n3)cc2)CC1. The van der Waals surface area contributed by atoms with E-state index in [4.69, 9.17) is 5.73 Å². The van der Waals surface area contributed by atoms with Crippen LogP contribution in [0.15, 0.2) is 36.5 Å². The number of benzene rings is 1. The molecule has 0 unspecified atom stereocenters. The molecule has 0 radical (unpaired) electrons. The van der Waals surface area contributed by atoms with Gasteiger partial charge in [0.1, 0.15) is 0 Å². The van der Waals surface area contributed by atoms with E-state index in [2.05, 4.69) is 5.10 Å². The van der Waals surface area contributed by atoms with Gasteiger partial charge in [-0.1, -0.05) is 0 Å². The summed E-state index contributed by atoms with van der Waals surface area (Å²) in [6.07, 6.45) is -2.22. The van der Waals surface area contributed by atoms with Gasteiger partial charge in [0.15, 0.2) is 5.69 Å². The number of nitrogens with two attached hydrogens (primary N) is 1. The molecule has 0 bridgehead atoms. The molecular weight excluding hydrogens is 349 g/mol. The molecule has 2 heterocycles. The Balaban J connectivity index is 1.69. The van der Waals surface area contributed by atoms with Crippen LogP contribution in [-0.2, 0) is 11.0 Å². The zero-order valence-corrected chi connectivity index (χ0v) is 13.7. The highest BCUT2D eigenvalue weighted by molar-refractivity contribution is 5.94. The maximum absolute atomic E-state index is 12.6. The molecule has 2 amide bonds. The average molecular weight is 366 g/mol. The maximum Gasteiger partial charge on any atom is 0.435 e.